The zero-order valence-corrected chi connectivity index (χ0v) is 21.7. The number of hydrogen-bond donors (Lipinski definition) is 0. The Labute approximate surface area is 209 Å². The lowest BCUT2D eigenvalue weighted by atomic mass is 10.2. The molecule has 0 fully saturated rings. The van der Waals surface area contributed by atoms with Crippen LogP contribution < -0.4 is 9.64 Å². The molecule has 0 N–H and O–H groups in total. The summed E-state index contributed by atoms with van der Waals surface area (Å²) in [5.41, 5.74) is 4.11. The number of thioether (sulfide) groups is 1. The van der Waals surface area contributed by atoms with Crippen LogP contribution in [0.3, 0.4) is 0 Å². The highest BCUT2D eigenvalue weighted by Gasteiger charge is 2.21. The molecule has 178 valence electrons. The summed E-state index contributed by atoms with van der Waals surface area (Å²) in [4.78, 5) is 21.2. The van der Waals surface area contributed by atoms with Gasteiger partial charge >= 0.3 is 0 Å². The van der Waals surface area contributed by atoms with Crippen LogP contribution in [0.1, 0.15) is 30.3 Å². The molecule has 0 atom stereocenters. The maximum atomic E-state index is 13.4. The van der Waals surface area contributed by atoms with Crippen molar-refractivity contribution in [1.29, 1.82) is 0 Å². The van der Waals surface area contributed by atoms with Gasteiger partial charge in [-0.1, -0.05) is 35.1 Å². The quantitative estimate of drug-likeness (QED) is 0.252. The van der Waals surface area contributed by atoms with Crippen LogP contribution in [0.15, 0.2) is 53.4 Å². The number of rotatable bonds is 10. The summed E-state index contributed by atoms with van der Waals surface area (Å²) in [6, 6.07) is 16.4. The van der Waals surface area contributed by atoms with Crippen LogP contribution in [-0.2, 0) is 11.3 Å². The molecule has 0 aliphatic carbocycles. The number of aromatic nitrogens is 3. The molecule has 8 heteroatoms. The molecule has 0 bridgehead atoms. The number of carbonyl (C=O) groups is 1. The fraction of sp³-hybridized carbons (Fsp3) is 0.346. The Balaban J connectivity index is 1.54. The molecule has 34 heavy (non-hydrogen) atoms. The Hall–Kier alpha value is -2.84. The minimum atomic E-state index is 0.0677. The van der Waals surface area contributed by atoms with E-state index in [0.717, 1.165) is 27.4 Å². The summed E-state index contributed by atoms with van der Waals surface area (Å²) in [5, 5.41) is 5.27. The third-order valence-electron chi connectivity index (χ3n) is 5.45. The number of benzene rings is 2. The predicted octanol–water partition coefficient (Wildman–Crippen LogP) is 6.03. The van der Waals surface area contributed by atoms with Crippen LogP contribution in [0.2, 0.25) is 0 Å². The first-order valence-electron chi connectivity index (χ1n) is 11.5. The van der Waals surface area contributed by atoms with Gasteiger partial charge in [0.2, 0.25) is 5.91 Å². The topological polar surface area (TPSA) is 60.2 Å². The number of fused-ring (bicyclic) bond motifs is 1. The van der Waals surface area contributed by atoms with Gasteiger partial charge in [-0.25, -0.2) is 4.98 Å². The molecule has 0 aliphatic rings. The van der Waals surface area contributed by atoms with E-state index in [2.05, 4.69) is 42.4 Å². The van der Waals surface area contributed by atoms with Gasteiger partial charge in [-0.2, -0.15) is 5.10 Å². The van der Waals surface area contributed by atoms with Gasteiger partial charge < -0.3 is 4.74 Å². The fourth-order valence-corrected chi connectivity index (χ4v) is 5.62. The van der Waals surface area contributed by atoms with Crippen LogP contribution in [0.5, 0.6) is 5.75 Å². The largest absolute Gasteiger partial charge is 0.492 e. The second-order valence-corrected chi connectivity index (χ2v) is 10.3. The lowest BCUT2D eigenvalue weighted by molar-refractivity contribution is -0.118. The molecule has 2 aromatic heterocycles. The first-order valence-corrected chi connectivity index (χ1v) is 13.3. The number of anilines is 1. The van der Waals surface area contributed by atoms with Crippen LogP contribution in [0.25, 0.3) is 10.2 Å². The first kappa shape index (κ1) is 24.3. The van der Waals surface area contributed by atoms with Crippen molar-refractivity contribution in [3.8, 4) is 5.75 Å². The smallest absolute Gasteiger partial charge is 0.229 e. The third-order valence-corrected chi connectivity index (χ3v) is 7.50. The SMILES string of the molecule is CCOc1cccc2sc(N(CCn3nc(C)cc3C)C(=O)CCSc3ccc(C)cc3)nc12. The molecule has 0 radical (unpaired) electrons. The second kappa shape index (κ2) is 11.1. The highest BCUT2D eigenvalue weighted by molar-refractivity contribution is 7.99. The maximum Gasteiger partial charge on any atom is 0.229 e. The van der Waals surface area contributed by atoms with Gasteiger partial charge in [0.25, 0.3) is 0 Å². The Bertz CT molecular complexity index is 1260. The average molecular weight is 495 g/mol. The Morgan fingerprint density at radius 1 is 1.15 bits per heavy atom. The van der Waals surface area contributed by atoms with E-state index in [9.17, 15) is 4.79 Å². The number of carbonyl (C=O) groups excluding carboxylic acids is 1. The summed E-state index contributed by atoms with van der Waals surface area (Å²) in [6.45, 7) is 9.76. The molecule has 2 aromatic carbocycles. The van der Waals surface area contributed by atoms with E-state index >= 15 is 0 Å². The van der Waals surface area contributed by atoms with Gasteiger partial charge in [0, 0.05) is 29.3 Å². The third kappa shape index (κ3) is 5.80. The summed E-state index contributed by atoms with van der Waals surface area (Å²) in [6.07, 6.45) is 0.434. The van der Waals surface area contributed by atoms with Crippen molar-refractivity contribution in [3.63, 3.8) is 0 Å². The maximum absolute atomic E-state index is 13.4. The van der Waals surface area contributed by atoms with E-state index in [1.165, 1.54) is 21.8 Å². The summed E-state index contributed by atoms with van der Waals surface area (Å²) in [5.74, 6) is 1.54. The fourth-order valence-electron chi connectivity index (χ4n) is 3.75. The summed E-state index contributed by atoms with van der Waals surface area (Å²) < 4.78 is 8.73. The van der Waals surface area contributed by atoms with Crippen molar-refractivity contribution in [2.75, 3.05) is 23.8 Å². The highest BCUT2D eigenvalue weighted by atomic mass is 32.2. The number of hydrogen-bond acceptors (Lipinski definition) is 6. The van der Waals surface area contributed by atoms with Crippen molar-refractivity contribution in [3.05, 3.63) is 65.5 Å². The number of nitrogens with zero attached hydrogens (tertiary/aromatic N) is 4. The standard InChI is InChI=1S/C26H30N4O2S2/c1-5-32-22-7-6-8-23-25(22)27-26(34-23)29(14-15-30-20(4)17-19(3)28-30)24(31)13-16-33-21-11-9-18(2)10-12-21/h6-12,17H,5,13-16H2,1-4H3. The number of amides is 1. The monoisotopic (exact) mass is 494 g/mol. The molecule has 0 unspecified atom stereocenters. The molecule has 0 aliphatic heterocycles. The number of para-hydroxylation sites is 1. The normalized spacial score (nSPS) is 11.2. The number of thiazole rings is 1. The molecule has 0 saturated heterocycles. The Morgan fingerprint density at radius 2 is 1.94 bits per heavy atom. The van der Waals surface area contributed by atoms with E-state index in [0.29, 0.717) is 37.0 Å². The first-order chi connectivity index (χ1) is 16.4. The van der Waals surface area contributed by atoms with Crippen LogP contribution in [-0.4, -0.2) is 39.6 Å². The van der Waals surface area contributed by atoms with E-state index in [1.54, 1.807) is 11.8 Å². The number of ether oxygens (including phenoxy) is 1. The van der Waals surface area contributed by atoms with E-state index < -0.39 is 0 Å². The van der Waals surface area contributed by atoms with Crippen molar-refractivity contribution < 1.29 is 9.53 Å². The molecule has 4 rings (SSSR count). The lowest BCUT2D eigenvalue weighted by Gasteiger charge is -2.20. The predicted molar refractivity (Wildman–Crippen MR) is 141 cm³/mol. The van der Waals surface area contributed by atoms with Crippen molar-refractivity contribution in [2.24, 2.45) is 0 Å². The van der Waals surface area contributed by atoms with Gasteiger partial charge in [0.05, 0.1) is 23.5 Å². The van der Waals surface area contributed by atoms with E-state index in [-0.39, 0.29) is 5.91 Å². The van der Waals surface area contributed by atoms with Gasteiger partial charge in [-0.15, -0.1) is 11.8 Å². The Morgan fingerprint density at radius 3 is 2.65 bits per heavy atom. The molecular weight excluding hydrogens is 464 g/mol. The van der Waals surface area contributed by atoms with Gasteiger partial charge in [0.15, 0.2) is 5.13 Å². The average Bonchev–Trinajstić information content (AvgIpc) is 3.38. The highest BCUT2D eigenvalue weighted by Crippen LogP contribution is 2.34. The van der Waals surface area contributed by atoms with E-state index in [4.69, 9.17) is 9.72 Å². The molecule has 2 heterocycles. The van der Waals surface area contributed by atoms with Crippen LogP contribution in [0, 0.1) is 20.8 Å². The summed E-state index contributed by atoms with van der Waals surface area (Å²) in [7, 11) is 0. The molecule has 6 nitrogen and oxygen atoms in total. The minimum absolute atomic E-state index is 0.0677. The van der Waals surface area contributed by atoms with Crippen LogP contribution >= 0.6 is 23.1 Å². The zero-order chi connectivity index (χ0) is 24.1. The molecule has 0 spiro atoms. The van der Waals surface area contributed by atoms with Crippen molar-refractivity contribution in [1.82, 2.24) is 14.8 Å². The molecule has 0 saturated carbocycles. The van der Waals surface area contributed by atoms with Gasteiger partial charge in [-0.3, -0.25) is 14.4 Å². The molecule has 1 amide bonds. The van der Waals surface area contributed by atoms with Crippen molar-refractivity contribution >= 4 is 44.4 Å². The Kier molecular flexibility index (Phi) is 7.90. The van der Waals surface area contributed by atoms with Gasteiger partial charge in [-0.05, 0) is 58.0 Å². The van der Waals surface area contributed by atoms with Crippen LogP contribution in [0.4, 0.5) is 5.13 Å². The molecular formula is C26H30N4O2S2. The number of aryl methyl sites for hydroxylation is 3. The summed E-state index contributed by atoms with van der Waals surface area (Å²) >= 11 is 3.23. The lowest BCUT2D eigenvalue weighted by Crippen LogP contribution is -2.34. The van der Waals surface area contributed by atoms with Gasteiger partial charge in [0.1, 0.15) is 11.3 Å². The van der Waals surface area contributed by atoms with Crippen molar-refractivity contribution in [2.45, 2.75) is 45.6 Å². The molecule has 4 aromatic rings. The minimum Gasteiger partial charge on any atom is -0.492 e. The van der Waals surface area contributed by atoms with E-state index in [1.807, 2.05) is 48.6 Å². The zero-order valence-electron chi connectivity index (χ0n) is 20.1. The second-order valence-electron chi connectivity index (χ2n) is 8.14.